The van der Waals surface area contributed by atoms with Crippen molar-refractivity contribution in [3.05, 3.63) is 71.8 Å². The van der Waals surface area contributed by atoms with Gasteiger partial charge in [0.1, 0.15) is 5.78 Å². The lowest BCUT2D eigenvalue weighted by molar-refractivity contribution is -0.116. The highest BCUT2D eigenvalue weighted by Gasteiger charge is 2.05. The van der Waals surface area contributed by atoms with Gasteiger partial charge >= 0.3 is 0 Å². The lowest BCUT2D eigenvalue weighted by Gasteiger charge is -2.10. The maximum absolute atomic E-state index is 11.0. The molecule has 0 radical (unpaired) electrons. The number of benzene rings is 2. The average Bonchev–Trinajstić information content (AvgIpc) is 2.54. The average molecular weight is 293 g/mol. The van der Waals surface area contributed by atoms with Crippen LogP contribution in [0.3, 0.4) is 0 Å². The van der Waals surface area contributed by atoms with Gasteiger partial charge in [0.2, 0.25) is 0 Å². The van der Waals surface area contributed by atoms with Crippen LogP contribution in [-0.2, 0) is 4.79 Å². The Morgan fingerprint density at radius 1 is 0.955 bits per heavy atom. The largest absolute Gasteiger partial charge is 0.321 e. The molecule has 0 saturated carbocycles. The fraction of sp³-hybridized carbons (Fsp3) is 0.250. The van der Waals surface area contributed by atoms with Crippen LogP contribution in [0.25, 0.3) is 11.1 Å². The first-order valence-electron chi connectivity index (χ1n) is 7.64. The molecule has 2 aromatic rings. The summed E-state index contributed by atoms with van der Waals surface area (Å²) >= 11 is 0. The number of nitrogens with two attached hydrogens (primary N) is 1. The van der Waals surface area contributed by atoms with Crippen LogP contribution in [0.2, 0.25) is 0 Å². The summed E-state index contributed by atoms with van der Waals surface area (Å²) in [6.45, 7) is 3.65. The van der Waals surface area contributed by atoms with E-state index in [0.717, 1.165) is 17.6 Å². The Kier molecular flexibility index (Phi) is 5.68. The molecule has 0 saturated heterocycles. The van der Waals surface area contributed by atoms with Gasteiger partial charge in [-0.3, -0.25) is 0 Å². The minimum atomic E-state index is -0.128. The molecule has 22 heavy (non-hydrogen) atoms. The van der Waals surface area contributed by atoms with Crippen molar-refractivity contribution in [2.75, 3.05) is 0 Å². The van der Waals surface area contributed by atoms with E-state index in [1.165, 1.54) is 11.1 Å². The molecule has 114 valence electrons. The number of rotatable bonds is 6. The van der Waals surface area contributed by atoms with Gasteiger partial charge in [-0.15, -0.1) is 0 Å². The topological polar surface area (TPSA) is 43.1 Å². The summed E-state index contributed by atoms with van der Waals surface area (Å²) in [5.74, 6) is 0.216. The van der Waals surface area contributed by atoms with E-state index in [4.69, 9.17) is 5.73 Å². The molecule has 2 aromatic carbocycles. The maximum atomic E-state index is 11.0. The molecule has 2 nitrogen and oxygen atoms in total. The van der Waals surface area contributed by atoms with Crippen LogP contribution in [0.15, 0.2) is 66.2 Å². The van der Waals surface area contributed by atoms with Crippen molar-refractivity contribution in [3.63, 3.8) is 0 Å². The van der Waals surface area contributed by atoms with Gasteiger partial charge in [-0.2, -0.15) is 0 Å². The highest BCUT2D eigenvalue weighted by Crippen LogP contribution is 2.22. The monoisotopic (exact) mass is 293 g/mol. The van der Waals surface area contributed by atoms with Gasteiger partial charge in [0.15, 0.2) is 0 Å². The number of Topliss-reactive ketones (excluding diaryl/α,β-unsaturated/α-hetero) is 1. The van der Waals surface area contributed by atoms with Crippen molar-refractivity contribution in [1.82, 2.24) is 0 Å². The number of allylic oxidation sites excluding steroid dienone is 1. The second-order valence-electron chi connectivity index (χ2n) is 5.73. The molecular formula is C20H23NO. The summed E-state index contributed by atoms with van der Waals surface area (Å²) in [5.41, 5.74) is 10.9. The molecule has 2 N–H and O–H groups in total. The van der Waals surface area contributed by atoms with E-state index >= 15 is 0 Å². The summed E-state index contributed by atoms with van der Waals surface area (Å²) < 4.78 is 0. The number of carbonyl (C=O) groups is 1. The third-order valence-corrected chi connectivity index (χ3v) is 3.74. The zero-order chi connectivity index (χ0) is 15.9. The lowest BCUT2D eigenvalue weighted by Crippen LogP contribution is -2.07. The molecule has 0 aliphatic rings. The number of hydrogen-bond donors (Lipinski definition) is 1. The first kappa shape index (κ1) is 16.2. The molecule has 0 aliphatic heterocycles. The molecule has 2 heteroatoms. The van der Waals surface area contributed by atoms with E-state index in [1.807, 2.05) is 31.2 Å². The van der Waals surface area contributed by atoms with E-state index in [-0.39, 0.29) is 11.8 Å². The van der Waals surface area contributed by atoms with Crippen molar-refractivity contribution >= 4 is 5.78 Å². The van der Waals surface area contributed by atoms with Gasteiger partial charge in [-0.1, -0.05) is 66.2 Å². The first-order valence-corrected chi connectivity index (χ1v) is 7.64. The zero-order valence-electron chi connectivity index (χ0n) is 13.3. The molecule has 0 aliphatic carbocycles. The van der Waals surface area contributed by atoms with Crippen LogP contribution in [-0.4, -0.2) is 5.78 Å². The van der Waals surface area contributed by atoms with Crippen LogP contribution < -0.4 is 5.73 Å². The van der Waals surface area contributed by atoms with Crippen molar-refractivity contribution in [1.29, 1.82) is 0 Å². The standard InChI is InChI=1S/C20H23NO/c1-15(8-9-16(2)22)14-20(21)19-12-10-18(11-13-19)17-6-4-3-5-7-17/h3-7,10-14,20H,8-9,21H2,1-2H3/b15-14+/t20-/m1/s1. The van der Waals surface area contributed by atoms with Gasteiger partial charge in [0, 0.05) is 12.5 Å². The van der Waals surface area contributed by atoms with E-state index in [2.05, 4.69) is 36.4 Å². The van der Waals surface area contributed by atoms with Crippen LogP contribution in [0, 0.1) is 0 Å². The second kappa shape index (κ2) is 7.71. The van der Waals surface area contributed by atoms with E-state index in [9.17, 15) is 4.79 Å². The first-order chi connectivity index (χ1) is 10.6. The third-order valence-electron chi connectivity index (χ3n) is 3.74. The molecule has 0 fully saturated rings. The zero-order valence-corrected chi connectivity index (χ0v) is 13.3. The Balaban J connectivity index is 2.06. The molecule has 0 aromatic heterocycles. The maximum Gasteiger partial charge on any atom is 0.130 e. The summed E-state index contributed by atoms with van der Waals surface area (Å²) in [6, 6.07) is 18.5. The van der Waals surface area contributed by atoms with Gasteiger partial charge in [0.05, 0.1) is 0 Å². The highest BCUT2D eigenvalue weighted by atomic mass is 16.1. The molecule has 0 spiro atoms. The molecule has 2 rings (SSSR count). The number of carbonyl (C=O) groups excluding carboxylic acids is 1. The van der Waals surface area contributed by atoms with Gasteiger partial charge in [-0.25, -0.2) is 0 Å². The molecule has 0 heterocycles. The quantitative estimate of drug-likeness (QED) is 0.786. The SMILES string of the molecule is CC(=O)CC/C(C)=C/[C@@H](N)c1ccc(-c2ccccc2)cc1. The summed E-state index contributed by atoms with van der Waals surface area (Å²) in [5, 5.41) is 0. The Labute approximate surface area is 132 Å². The molecule has 0 unspecified atom stereocenters. The fourth-order valence-electron chi connectivity index (χ4n) is 2.39. The van der Waals surface area contributed by atoms with Crippen LogP contribution in [0.4, 0.5) is 0 Å². The summed E-state index contributed by atoms with van der Waals surface area (Å²) in [4.78, 5) is 11.0. The predicted molar refractivity (Wildman–Crippen MR) is 92.5 cm³/mol. The Hall–Kier alpha value is -2.19. The second-order valence-corrected chi connectivity index (χ2v) is 5.73. The molecule has 0 bridgehead atoms. The van der Waals surface area contributed by atoms with Gasteiger partial charge < -0.3 is 10.5 Å². The van der Waals surface area contributed by atoms with E-state index in [1.54, 1.807) is 6.92 Å². The number of ketones is 1. The third kappa shape index (κ3) is 4.68. The minimum absolute atomic E-state index is 0.128. The number of hydrogen-bond acceptors (Lipinski definition) is 2. The Morgan fingerprint density at radius 3 is 2.14 bits per heavy atom. The molecule has 0 amide bonds. The molecular weight excluding hydrogens is 270 g/mol. The minimum Gasteiger partial charge on any atom is -0.321 e. The summed E-state index contributed by atoms with van der Waals surface area (Å²) in [7, 11) is 0. The van der Waals surface area contributed by atoms with Crippen LogP contribution in [0.1, 0.15) is 38.3 Å². The van der Waals surface area contributed by atoms with Crippen LogP contribution in [0.5, 0.6) is 0 Å². The van der Waals surface area contributed by atoms with Gasteiger partial charge in [0.25, 0.3) is 0 Å². The van der Waals surface area contributed by atoms with Crippen LogP contribution >= 0.6 is 0 Å². The van der Waals surface area contributed by atoms with Crippen molar-refractivity contribution in [2.45, 2.75) is 32.7 Å². The Bertz CT molecular complexity index is 641. The normalized spacial score (nSPS) is 13.0. The Morgan fingerprint density at radius 2 is 1.55 bits per heavy atom. The summed E-state index contributed by atoms with van der Waals surface area (Å²) in [6.07, 6.45) is 3.41. The fourth-order valence-corrected chi connectivity index (χ4v) is 2.39. The van der Waals surface area contributed by atoms with Gasteiger partial charge in [-0.05, 0) is 37.0 Å². The van der Waals surface area contributed by atoms with E-state index < -0.39 is 0 Å². The van der Waals surface area contributed by atoms with Crippen molar-refractivity contribution in [2.24, 2.45) is 5.73 Å². The van der Waals surface area contributed by atoms with Crippen molar-refractivity contribution in [3.8, 4) is 11.1 Å². The van der Waals surface area contributed by atoms with Crippen molar-refractivity contribution < 1.29 is 4.79 Å². The lowest BCUT2D eigenvalue weighted by atomic mass is 9.99. The predicted octanol–water partition coefficient (Wildman–Crippen LogP) is 4.67. The van der Waals surface area contributed by atoms with E-state index in [0.29, 0.717) is 6.42 Å². The molecule has 1 atom stereocenters. The highest BCUT2D eigenvalue weighted by molar-refractivity contribution is 5.75. The smallest absolute Gasteiger partial charge is 0.130 e.